The van der Waals surface area contributed by atoms with Gasteiger partial charge in [-0.05, 0) is 43.9 Å². The van der Waals surface area contributed by atoms with E-state index in [4.69, 9.17) is 4.52 Å². The minimum atomic E-state index is 0.497. The summed E-state index contributed by atoms with van der Waals surface area (Å²) in [5.41, 5.74) is 0.497. The Labute approximate surface area is 115 Å². The summed E-state index contributed by atoms with van der Waals surface area (Å²) in [6.07, 6.45) is 8.45. The van der Waals surface area contributed by atoms with Crippen LogP contribution >= 0.6 is 0 Å². The zero-order valence-corrected chi connectivity index (χ0v) is 12.1. The molecule has 19 heavy (non-hydrogen) atoms. The average Bonchev–Trinajstić information content (AvgIpc) is 3.07. The molecule has 2 fully saturated rings. The molecule has 2 aliphatic carbocycles. The van der Waals surface area contributed by atoms with E-state index in [-0.39, 0.29) is 0 Å². The lowest BCUT2D eigenvalue weighted by molar-refractivity contribution is 0.218. The molecule has 0 spiro atoms. The fraction of sp³-hybridized carbons (Fsp3) is 0.867. The molecule has 3 rings (SSSR count). The topological polar surface area (TPSA) is 51.0 Å². The molecule has 2 aliphatic rings. The lowest BCUT2D eigenvalue weighted by Gasteiger charge is -2.32. The van der Waals surface area contributed by atoms with Crippen LogP contribution in [0.15, 0.2) is 4.52 Å². The summed E-state index contributed by atoms with van der Waals surface area (Å²) in [6, 6.07) is 0.753. The van der Waals surface area contributed by atoms with Crippen molar-refractivity contribution in [3.8, 4) is 0 Å². The molecular weight excluding hydrogens is 238 g/mol. The summed E-state index contributed by atoms with van der Waals surface area (Å²) in [5, 5.41) is 7.66. The molecular formula is C15H25N3O. The van der Waals surface area contributed by atoms with E-state index in [0.29, 0.717) is 11.3 Å². The Hall–Kier alpha value is -0.900. The van der Waals surface area contributed by atoms with Crippen LogP contribution in [0.1, 0.15) is 70.0 Å². The van der Waals surface area contributed by atoms with Crippen molar-refractivity contribution in [2.75, 3.05) is 6.54 Å². The second-order valence-corrected chi connectivity index (χ2v) is 6.96. The Bertz CT molecular complexity index is 413. The molecule has 0 amide bonds. The van der Waals surface area contributed by atoms with Gasteiger partial charge < -0.3 is 9.84 Å². The van der Waals surface area contributed by atoms with Gasteiger partial charge in [0.05, 0.1) is 0 Å². The molecule has 0 bridgehead atoms. The number of nitrogens with zero attached hydrogens (tertiary/aromatic N) is 2. The molecule has 1 aromatic rings. The van der Waals surface area contributed by atoms with Crippen molar-refractivity contribution < 1.29 is 4.52 Å². The Morgan fingerprint density at radius 3 is 2.63 bits per heavy atom. The van der Waals surface area contributed by atoms with Gasteiger partial charge in [-0.1, -0.05) is 19.0 Å². The summed E-state index contributed by atoms with van der Waals surface area (Å²) in [4.78, 5) is 4.58. The molecule has 0 aliphatic heterocycles. The van der Waals surface area contributed by atoms with E-state index in [9.17, 15) is 0 Å². The molecule has 2 saturated carbocycles. The van der Waals surface area contributed by atoms with Crippen LogP contribution in [-0.4, -0.2) is 22.7 Å². The maximum atomic E-state index is 5.37. The quantitative estimate of drug-likeness (QED) is 0.887. The van der Waals surface area contributed by atoms with Crippen molar-refractivity contribution in [2.24, 2.45) is 5.41 Å². The molecule has 4 heteroatoms. The van der Waals surface area contributed by atoms with Crippen LogP contribution in [0, 0.1) is 5.41 Å². The third-order valence-corrected chi connectivity index (χ3v) is 4.54. The highest BCUT2D eigenvalue weighted by Gasteiger charge is 2.30. The Morgan fingerprint density at radius 1 is 1.21 bits per heavy atom. The second-order valence-electron chi connectivity index (χ2n) is 6.96. The molecule has 0 atom stereocenters. The molecule has 0 saturated heterocycles. The van der Waals surface area contributed by atoms with Crippen LogP contribution in [0.4, 0.5) is 0 Å². The number of rotatable bonds is 5. The Balaban J connectivity index is 1.49. The zero-order chi connectivity index (χ0) is 13.3. The van der Waals surface area contributed by atoms with Gasteiger partial charge in [-0.3, -0.25) is 0 Å². The van der Waals surface area contributed by atoms with Gasteiger partial charge in [0.25, 0.3) is 0 Å². The number of hydrogen-bond acceptors (Lipinski definition) is 4. The summed E-state index contributed by atoms with van der Waals surface area (Å²) in [6.45, 7) is 5.67. The van der Waals surface area contributed by atoms with Crippen molar-refractivity contribution in [1.29, 1.82) is 0 Å². The third-order valence-electron chi connectivity index (χ3n) is 4.54. The first-order chi connectivity index (χ1) is 9.12. The van der Waals surface area contributed by atoms with Gasteiger partial charge in [-0.25, -0.2) is 0 Å². The smallest absolute Gasteiger partial charge is 0.227 e. The van der Waals surface area contributed by atoms with E-state index < -0.39 is 0 Å². The van der Waals surface area contributed by atoms with Crippen molar-refractivity contribution in [3.05, 3.63) is 11.7 Å². The van der Waals surface area contributed by atoms with Crippen LogP contribution in [0.3, 0.4) is 0 Å². The van der Waals surface area contributed by atoms with E-state index in [1.165, 1.54) is 38.5 Å². The largest absolute Gasteiger partial charge is 0.339 e. The standard InChI is InChI=1S/C15H25N3O/c1-15(2)8-5-11(6-9-15)14-17-13(19-18-14)7-10-16-12-3-4-12/h11-12,16H,3-10H2,1-2H3. The van der Waals surface area contributed by atoms with Crippen molar-refractivity contribution in [3.63, 3.8) is 0 Å². The predicted octanol–water partition coefficient (Wildman–Crippen LogP) is 3.05. The van der Waals surface area contributed by atoms with Crippen LogP contribution in [0.25, 0.3) is 0 Å². The molecule has 0 aromatic carbocycles. The Kier molecular flexibility index (Phi) is 3.61. The van der Waals surface area contributed by atoms with Gasteiger partial charge in [0.2, 0.25) is 5.89 Å². The first kappa shape index (κ1) is 13.1. The van der Waals surface area contributed by atoms with Crippen molar-refractivity contribution in [2.45, 2.75) is 70.8 Å². The zero-order valence-electron chi connectivity index (χ0n) is 12.1. The van der Waals surface area contributed by atoms with E-state index in [1.54, 1.807) is 0 Å². The number of hydrogen-bond donors (Lipinski definition) is 1. The fourth-order valence-corrected chi connectivity index (χ4v) is 2.86. The minimum Gasteiger partial charge on any atom is -0.339 e. The van der Waals surface area contributed by atoms with Gasteiger partial charge in [0, 0.05) is 24.9 Å². The maximum absolute atomic E-state index is 5.37. The van der Waals surface area contributed by atoms with Crippen LogP contribution in [0.2, 0.25) is 0 Å². The summed E-state index contributed by atoms with van der Waals surface area (Å²) in [7, 11) is 0. The maximum Gasteiger partial charge on any atom is 0.227 e. The van der Waals surface area contributed by atoms with Crippen LogP contribution < -0.4 is 5.32 Å². The van der Waals surface area contributed by atoms with Gasteiger partial charge in [0.1, 0.15) is 0 Å². The molecule has 106 valence electrons. The monoisotopic (exact) mass is 263 g/mol. The van der Waals surface area contributed by atoms with E-state index >= 15 is 0 Å². The summed E-state index contributed by atoms with van der Waals surface area (Å²) < 4.78 is 5.37. The molecule has 1 aromatic heterocycles. The average molecular weight is 263 g/mol. The van der Waals surface area contributed by atoms with Gasteiger partial charge in [-0.2, -0.15) is 4.98 Å². The lowest BCUT2D eigenvalue weighted by Crippen LogP contribution is -2.21. The normalized spacial score (nSPS) is 23.7. The molecule has 0 unspecified atom stereocenters. The van der Waals surface area contributed by atoms with E-state index in [2.05, 4.69) is 29.3 Å². The minimum absolute atomic E-state index is 0.497. The molecule has 1 heterocycles. The van der Waals surface area contributed by atoms with Gasteiger partial charge in [-0.15, -0.1) is 0 Å². The Morgan fingerprint density at radius 2 is 1.95 bits per heavy atom. The highest BCUT2D eigenvalue weighted by Crippen LogP contribution is 2.41. The van der Waals surface area contributed by atoms with Gasteiger partial charge >= 0.3 is 0 Å². The first-order valence-corrected chi connectivity index (χ1v) is 7.68. The first-order valence-electron chi connectivity index (χ1n) is 7.68. The van der Waals surface area contributed by atoms with E-state index in [1.807, 2.05) is 0 Å². The SMILES string of the molecule is CC1(C)CCC(c2noc(CCNC3CC3)n2)CC1. The molecule has 0 radical (unpaired) electrons. The van der Waals surface area contributed by atoms with Crippen LogP contribution in [-0.2, 0) is 6.42 Å². The molecule has 4 nitrogen and oxygen atoms in total. The summed E-state index contributed by atoms with van der Waals surface area (Å²) in [5.74, 6) is 2.26. The van der Waals surface area contributed by atoms with Crippen molar-refractivity contribution in [1.82, 2.24) is 15.5 Å². The fourth-order valence-electron chi connectivity index (χ4n) is 2.86. The summed E-state index contributed by atoms with van der Waals surface area (Å²) >= 11 is 0. The second kappa shape index (κ2) is 5.23. The van der Waals surface area contributed by atoms with Crippen LogP contribution in [0.5, 0.6) is 0 Å². The highest BCUT2D eigenvalue weighted by molar-refractivity contribution is 4.99. The van der Waals surface area contributed by atoms with E-state index in [0.717, 1.165) is 30.7 Å². The number of aromatic nitrogens is 2. The third kappa shape index (κ3) is 3.56. The lowest BCUT2D eigenvalue weighted by atomic mass is 9.73. The molecule has 1 N–H and O–H groups in total. The number of nitrogens with one attached hydrogen (secondary N) is 1. The predicted molar refractivity (Wildman–Crippen MR) is 74.0 cm³/mol. The van der Waals surface area contributed by atoms with Crippen molar-refractivity contribution >= 4 is 0 Å². The highest BCUT2D eigenvalue weighted by atomic mass is 16.5. The van der Waals surface area contributed by atoms with Gasteiger partial charge in [0.15, 0.2) is 5.82 Å².